The van der Waals surface area contributed by atoms with Crippen LogP contribution in [0.5, 0.6) is 0 Å². The summed E-state index contributed by atoms with van der Waals surface area (Å²) in [7, 11) is 0. The molecule has 2 heterocycles. The van der Waals surface area contributed by atoms with E-state index < -0.39 is 0 Å². The van der Waals surface area contributed by atoms with Crippen LogP contribution in [0.2, 0.25) is 0 Å². The van der Waals surface area contributed by atoms with Crippen LogP contribution in [0.25, 0.3) is 0 Å². The second-order valence-electron chi connectivity index (χ2n) is 4.54. The predicted octanol–water partition coefficient (Wildman–Crippen LogP) is 0.825. The molecule has 0 spiro atoms. The highest BCUT2D eigenvalue weighted by atomic mass is 16.6. The summed E-state index contributed by atoms with van der Waals surface area (Å²) >= 11 is 0. The molecule has 0 unspecified atom stereocenters. The van der Waals surface area contributed by atoms with E-state index in [1.807, 2.05) is 18.7 Å². The summed E-state index contributed by atoms with van der Waals surface area (Å²) < 4.78 is 5.17. The third-order valence-electron chi connectivity index (χ3n) is 2.83. The van der Waals surface area contributed by atoms with Gasteiger partial charge >= 0.3 is 6.09 Å². The van der Waals surface area contributed by atoms with Crippen LogP contribution in [0.1, 0.15) is 20.3 Å². The van der Waals surface area contributed by atoms with E-state index in [4.69, 9.17) is 4.74 Å². The predicted molar refractivity (Wildman–Crippen MR) is 53.1 cm³/mol. The van der Waals surface area contributed by atoms with E-state index in [0.717, 1.165) is 19.6 Å². The van der Waals surface area contributed by atoms with E-state index in [1.165, 1.54) is 6.42 Å². The second kappa shape index (κ2) is 3.77. The normalized spacial score (nSPS) is 30.9. The van der Waals surface area contributed by atoms with Crippen molar-refractivity contribution in [1.82, 2.24) is 10.2 Å². The lowest BCUT2D eigenvalue weighted by molar-refractivity contribution is 0.0656. The zero-order valence-electron chi connectivity index (χ0n) is 8.82. The molecule has 4 nitrogen and oxygen atoms in total. The first-order chi connectivity index (χ1) is 6.65. The number of amides is 1. The Kier molecular flexibility index (Phi) is 2.63. The number of nitrogens with zero attached hydrogens (tertiary/aromatic N) is 1. The van der Waals surface area contributed by atoms with Crippen molar-refractivity contribution in [2.75, 3.05) is 19.6 Å². The molecule has 2 fully saturated rings. The van der Waals surface area contributed by atoms with Crippen molar-refractivity contribution in [3.05, 3.63) is 0 Å². The van der Waals surface area contributed by atoms with E-state index in [9.17, 15) is 4.79 Å². The summed E-state index contributed by atoms with van der Waals surface area (Å²) in [6, 6.07) is 0.494. The quantitative estimate of drug-likeness (QED) is 0.678. The Morgan fingerprint density at radius 2 is 2.29 bits per heavy atom. The zero-order valence-corrected chi connectivity index (χ0v) is 8.82. The Morgan fingerprint density at radius 1 is 1.50 bits per heavy atom. The minimum absolute atomic E-state index is 0.0185. The minimum Gasteiger partial charge on any atom is -0.447 e. The average molecular weight is 198 g/mol. The molecule has 80 valence electrons. The average Bonchev–Trinajstić information content (AvgIpc) is 2.44. The molecule has 1 N–H and O–H groups in total. The topological polar surface area (TPSA) is 41.6 Å². The molecular formula is C10H18N2O2. The second-order valence-corrected chi connectivity index (χ2v) is 4.54. The van der Waals surface area contributed by atoms with Gasteiger partial charge in [0.25, 0.3) is 0 Å². The number of nitrogens with one attached hydrogen (secondary N) is 1. The van der Waals surface area contributed by atoms with E-state index in [-0.39, 0.29) is 12.2 Å². The minimum atomic E-state index is -0.154. The van der Waals surface area contributed by atoms with Gasteiger partial charge in [-0.15, -0.1) is 0 Å². The largest absolute Gasteiger partial charge is 0.447 e. The lowest BCUT2D eigenvalue weighted by atomic mass is 10.0. The highest BCUT2D eigenvalue weighted by molar-refractivity contribution is 5.68. The van der Waals surface area contributed by atoms with Crippen molar-refractivity contribution >= 4 is 6.09 Å². The first-order valence-electron chi connectivity index (χ1n) is 5.34. The maximum atomic E-state index is 11.6. The Hall–Kier alpha value is -0.770. The van der Waals surface area contributed by atoms with Crippen LogP contribution in [0.15, 0.2) is 0 Å². The molecule has 2 atom stereocenters. The molecule has 14 heavy (non-hydrogen) atoms. The lowest BCUT2D eigenvalue weighted by Crippen LogP contribution is -2.45. The molecule has 0 aromatic rings. The van der Waals surface area contributed by atoms with Crippen molar-refractivity contribution in [2.24, 2.45) is 5.92 Å². The van der Waals surface area contributed by atoms with Crippen molar-refractivity contribution < 1.29 is 9.53 Å². The lowest BCUT2D eigenvalue weighted by Gasteiger charge is -2.30. The van der Waals surface area contributed by atoms with Crippen LogP contribution in [0.4, 0.5) is 4.79 Å². The number of carbonyl (C=O) groups is 1. The van der Waals surface area contributed by atoms with E-state index in [0.29, 0.717) is 12.0 Å². The van der Waals surface area contributed by atoms with Gasteiger partial charge in [0, 0.05) is 25.7 Å². The molecule has 1 amide bonds. The van der Waals surface area contributed by atoms with Gasteiger partial charge < -0.3 is 15.0 Å². The van der Waals surface area contributed by atoms with Crippen LogP contribution in [0, 0.1) is 5.92 Å². The molecule has 0 aliphatic carbocycles. The van der Waals surface area contributed by atoms with Gasteiger partial charge in [-0.2, -0.15) is 0 Å². The molecule has 0 aromatic carbocycles. The smallest absolute Gasteiger partial charge is 0.410 e. The summed E-state index contributed by atoms with van der Waals surface area (Å²) in [6.45, 7) is 6.48. The van der Waals surface area contributed by atoms with Gasteiger partial charge in [-0.05, 0) is 26.2 Å². The SMILES string of the molecule is CC(C)OC(=O)N1C[C@@H]2CN[C@@H](C2)C1. The van der Waals surface area contributed by atoms with E-state index in [1.54, 1.807) is 0 Å². The van der Waals surface area contributed by atoms with Crippen LogP contribution in [-0.4, -0.2) is 42.8 Å². The first-order valence-corrected chi connectivity index (χ1v) is 5.34. The molecule has 2 aliphatic rings. The van der Waals surface area contributed by atoms with Gasteiger partial charge in [0.1, 0.15) is 0 Å². The molecule has 4 heteroatoms. The third-order valence-corrected chi connectivity index (χ3v) is 2.83. The number of fused-ring (bicyclic) bond motifs is 2. The van der Waals surface area contributed by atoms with E-state index >= 15 is 0 Å². The van der Waals surface area contributed by atoms with Crippen LogP contribution in [0.3, 0.4) is 0 Å². The maximum absolute atomic E-state index is 11.6. The molecule has 0 aromatic heterocycles. The summed E-state index contributed by atoms with van der Waals surface area (Å²) in [4.78, 5) is 13.4. The van der Waals surface area contributed by atoms with Gasteiger partial charge in [0.15, 0.2) is 0 Å². The van der Waals surface area contributed by atoms with Crippen molar-refractivity contribution in [3.8, 4) is 0 Å². The standard InChI is InChI=1S/C10H18N2O2/c1-7(2)14-10(13)12-5-8-3-9(6-12)11-4-8/h7-9,11H,3-6H2,1-2H3/t8-,9-/m0/s1. The Morgan fingerprint density at radius 3 is 2.93 bits per heavy atom. The number of likely N-dealkylation sites (tertiary alicyclic amines) is 1. The monoisotopic (exact) mass is 198 g/mol. The number of ether oxygens (including phenoxy) is 1. The Labute approximate surface area is 84.6 Å². The third kappa shape index (κ3) is 2.00. The molecular weight excluding hydrogens is 180 g/mol. The van der Waals surface area contributed by atoms with Gasteiger partial charge in [0.2, 0.25) is 0 Å². The number of hydrogen-bond acceptors (Lipinski definition) is 3. The molecule has 0 saturated carbocycles. The van der Waals surface area contributed by atoms with Crippen LogP contribution >= 0.6 is 0 Å². The summed E-state index contributed by atoms with van der Waals surface area (Å²) in [6.07, 6.45) is 1.04. The van der Waals surface area contributed by atoms with Crippen molar-refractivity contribution in [2.45, 2.75) is 32.4 Å². The molecule has 0 radical (unpaired) electrons. The van der Waals surface area contributed by atoms with E-state index in [2.05, 4.69) is 5.32 Å². The van der Waals surface area contributed by atoms with Crippen LogP contribution in [-0.2, 0) is 4.74 Å². The molecule has 2 rings (SSSR count). The maximum Gasteiger partial charge on any atom is 0.410 e. The van der Waals surface area contributed by atoms with Crippen molar-refractivity contribution in [3.63, 3.8) is 0 Å². The van der Waals surface area contributed by atoms with Gasteiger partial charge in [-0.25, -0.2) is 4.79 Å². The Bertz CT molecular complexity index is 218. The molecule has 2 aliphatic heterocycles. The van der Waals surface area contributed by atoms with Gasteiger partial charge in [-0.3, -0.25) is 0 Å². The number of piperidine rings is 1. The summed E-state index contributed by atoms with van der Waals surface area (Å²) in [5.74, 6) is 0.633. The van der Waals surface area contributed by atoms with Crippen LogP contribution < -0.4 is 5.32 Å². The first kappa shape index (κ1) is 9.77. The number of hydrogen-bond donors (Lipinski definition) is 1. The fourth-order valence-electron chi connectivity index (χ4n) is 2.26. The molecule has 2 saturated heterocycles. The summed E-state index contributed by atoms with van der Waals surface area (Å²) in [5.41, 5.74) is 0. The summed E-state index contributed by atoms with van der Waals surface area (Å²) in [5, 5.41) is 3.41. The highest BCUT2D eigenvalue weighted by Gasteiger charge is 2.35. The Balaban J connectivity index is 1.89. The highest BCUT2D eigenvalue weighted by Crippen LogP contribution is 2.22. The number of carbonyl (C=O) groups excluding carboxylic acids is 1. The van der Waals surface area contributed by atoms with Crippen molar-refractivity contribution in [1.29, 1.82) is 0 Å². The fraction of sp³-hybridized carbons (Fsp3) is 0.900. The van der Waals surface area contributed by atoms with Gasteiger partial charge in [-0.1, -0.05) is 0 Å². The number of rotatable bonds is 1. The molecule has 2 bridgehead atoms. The van der Waals surface area contributed by atoms with Gasteiger partial charge in [0.05, 0.1) is 6.10 Å². The zero-order chi connectivity index (χ0) is 10.1. The fourth-order valence-corrected chi connectivity index (χ4v) is 2.26.